The molecule has 3 aromatic carbocycles. The van der Waals surface area contributed by atoms with Crippen LogP contribution in [0.4, 0.5) is 0 Å². The number of benzene rings is 3. The Balaban J connectivity index is 1.51. The predicted octanol–water partition coefficient (Wildman–Crippen LogP) is 4.30. The number of carbonyl (C=O) groups is 2. The molecule has 1 aliphatic rings. The van der Waals surface area contributed by atoms with Crippen LogP contribution >= 0.6 is 0 Å². The van der Waals surface area contributed by atoms with E-state index in [-0.39, 0.29) is 24.9 Å². The summed E-state index contributed by atoms with van der Waals surface area (Å²) in [5.74, 6) is 0.631. The molecule has 0 radical (unpaired) electrons. The Morgan fingerprint density at radius 2 is 1.61 bits per heavy atom. The molecule has 1 aliphatic heterocycles. The normalized spacial score (nSPS) is 16.6. The quantitative estimate of drug-likeness (QED) is 0.382. The molecule has 0 saturated carbocycles. The minimum atomic E-state index is -1.19. The van der Waals surface area contributed by atoms with Crippen LogP contribution in [0.1, 0.15) is 28.5 Å². The predicted molar refractivity (Wildman–Crippen MR) is 144 cm³/mol. The number of hydrogen-bond donors (Lipinski definition) is 1. The summed E-state index contributed by atoms with van der Waals surface area (Å²) in [6, 6.07) is 26.7. The summed E-state index contributed by atoms with van der Waals surface area (Å²) < 4.78 is 12.5. The van der Waals surface area contributed by atoms with Crippen molar-refractivity contribution in [1.82, 2.24) is 20.0 Å². The molecule has 194 valence electrons. The molecule has 2 heterocycles. The van der Waals surface area contributed by atoms with Gasteiger partial charge in [0.05, 0.1) is 26.5 Å². The second kappa shape index (κ2) is 10.4. The molecule has 0 fully saturated rings. The maximum absolute atomic E-state index is 14.0. The molecule has 8 heteroatoms. The highest BCUT2D eigenvalue weighted by atomic mass is 16.5. The van der Waals surface area contributed by atoms with E-state index in [9.17, 15) is 9.59 Å². The van der Waals surface area contributed by atoms with E-state index in [2.05, 4.69) is 5.32 Å². The molecule has 4 aromatic rings. The van der Waals surface area contributed by atoms with Crippen LogP contribution in [0, 0.1) is 0 Å². The van der Waals surface area contributed by atoms with Crippen LogP contribution in [0.25, 0.3) is 11.3 Å². The van der Waals surface area contributed by atoms with Crippen LogP contribution in [-0.4, -0.2) is 46.3 Å². The van der Waals surface area contributed by atoms with Crippen LogP contribution in [-0.2, 0) is 24.4 Å². The molecule has 0 saturated heterocycles. The molecular formula is C30H30N4O4. The monoisotopic (exact) mass is 510 g/mol. The highest BCUT2D eigenvalue weighted by Gasteiger charge is 2.48. The lowest BCUT2D eigenvalue weighted by atomic mass is 9.94. The van der Waals surface area contributed by atoms with E-state index in [1.165, 1.54) is 0 Å². The lowest BCUT2D eigenvalue weighted by molar-refractivity contribution is -0.133. The second-order valence-corrected chi connectivity index (χ2v) is 9.46. The fourth-order valence-corrected chi connectivity index (χ4v) is 4.77. The lowest BCUT2D eigenvalue weighted by Crippen LogP contribution is -2.63. The van der Waals surface area contributed by atoms with Crippen molar-refractivity contribution < 1.29 is 19.1 Å². The summed E-state index contributed by atoms with van der Waals surface area (Å²) in [6.07, 6.45) is 0. The number of fused-ring (bicyclic) bond motifs is 1. The van der Waals surface area contributed by atoms with Crippen LogP contribution < -0.4 is 14.8 Å². The van der Waals surface area contributed by atoms with Gasteiger partial charge in [-0.3, -0.25) is 14.3 Å². The number of methoxy groups -OCH3 is 2. The first-order chi connectivity index (χ1) is 18.4. The molecule has 8 nitrogen and oxygen atoms in total. The summed E-state index contributed by atoms with van der Waals surface area (Å²) in [5, 5.41) is 7.75. The zero-order valence-corrected chi connectivity index (χ0v) is 21.7. The van der Waals surface area contributed by atoms with Crippen molar-refractivity contribution in [2.45, 2.75) is 32.1 Å². The zero-order chi connectivity index (χ0) is 26.7. The number of nitrogens with zero attached hydrogens (tertiary/aromatic N) is 3. The molecule has 1 unspecified atom stereocenters. The highest BCUT2D eigenvalue weighted by molar-refractivity contribution is 6.00. The maximum Gasteiger partial charge on any atom is 0.273 e. The van der Waals surface area contributed by atoms with Crippen LogP contribution in [0.3, 0.4) is 0 Å². The smallest absolute Gasteiger partial charge is 0.273 e. The summed E-state index contributed by atoms with van der Waals surface area (Å²) in [6.45, 7) is 2.57. The number of carbonyl (C=O) groups excluding carboxylic acids is 2. The van der Waals surface area contributed by atoms with E-state index in [1.807, 2.05) is 72.8 Å². The van der Waals surface area contributed by atoms with Crippen LogP contribution in [0.15, 0.2) is 84.9 Å². The maximum atomic E-state index is 14.0. The number of ether oxygens (including phenoxy) is 2. The molecule has 1 atom stereocenters. The van der Waals surface area contributed by atoms with Crippen molar-refractivity contribution in [2.24, 2.45) is 0 Å². The molecule has 0 bridgehead atoms. The molecule has 38 heavy (non-hydrogen) atoms. The zero-order valence-electron chi connectivity index (χ0n) is 21.7. The van der Waals surface area contributed by atoms with Gasteiger partial charge in [-0.2, -0.15) is 5.10 Å². The third kappa shape index (κ3) is 4.72. The van der Waals surface area contributed by atoms with Gasteiger partial charge in [0.15, 0.2) is 11.5 Å². The van der Waals surface area contributed by atoms with E-state index in [4.69, 9.17) is 14.6 Å². The van der Waals surface area contributed by atoms with E-state index in [0.717, 1.165) is 16.7 Å². The number of rotatable bonds is 8. The average Bonchev–Trinajstić information content (AvgIpc) is 3.38. The van der Waals surface area contributed by atoms with Gasteiger partial charge in [0, 0.05) is 18.7 Å². The number of amides is 2. The Kier molecular flexibility index (Phi) is 6.87. The number of hydrogen-bond acceptors (Lipinski definition) is 5. The van der Waals surface area contributed by atoms with Crippen molar-refractivity contribution in [1.29, 1.82) is 0 Å². The Morgan fingerprint density at radius 1 is 0.921 bits per heavy atom. The van der Waals surface area contributed by atoms with Crippen molar-refractivity contribution in [3.8, 4) is 22.8 Å². The largest absolute Gasteiger partial charge is 0.493 e. The number of nitrogens with one attached hydrogen (secondary N) is 1. The van der Waals surface area contributed by atoms with Crippen molar-refractivity contribution in [3.05, 3.63) is 102 Å². The fraction of sp³-hybridized carbons (Fsp3) is 0.233. The van der Waals surface area contributed by atoms with Gasteiger partial charge in [0.2, 0.25) is 5.91 Å². The van der Waals surface area contributed by atoms with Gasteiger partial charge >= 0.3 is 0 Å². The topological polar surface area (TPSA) is 85.7 Å². The highest BCUT2D eigenvalue weighted by Crippen LogP contribution is 2.33. The minimum Gasteiger partial charge on any atom is -0.493 e. The van der Waals surface area contributed by atoms with Crippen molar-refractivity contribution in [2.75, 3.05) is 14.2 Å². The number of aromatic nitrogens is 2. The Hall–Kier alpha value is -4.59. The Labute approximate surface area is 221 Å². The van der Waals surface area contributed by atoms with Gasteiger partial charge in [-0.1, -0.05) is 66.7 Å². The minimum absolute atomic E-state index is 0.209. The van der Waals surface area contributed by atoms with Crippen LogP contribution in [0.5, 0.6) is 11.5 Å². The first-order valence-corrected chi connectivity index (χ1v) is 12.4. The van der Waals surface area contributed by atoms with Gasteiger partial charge in [-0.05, 0) is 36.2 Å². The Morgan fingerprint density at radius 3 is 2.29 bits per heavy atom. The first-order valence-electron chi connectivity index (χ1n) is 12.4. The molecule has 1 N–H and O–H groups in total. The molecule has 0 spiro atoms. The summed E-state index contributed by atoms with van der Waals surface area (Å²) in [4.78, 5) is 29.4. The van der Waals surface area contributed by atoms with Gasteiger partial charge in [-0.15, -0.1) is 0 Å². The van der Waals surface area contributed by atoms with Gasteiger partial charge in [0.25, 0.3) is 5.91 Å². The van der Waals surface area contributed by atoms with E-state index >= 15 is 0 Å². The van der Waals surface area contributed by atoms with E-state index < -0.39 is 5.54 Å². The summed E-state index contributed by atoms with van der Waals surface area (Å²) in [7, 11) is 3.14. The second-order valence-electron chi connectivity index (χ2n) is 9.46. The Bertz CT molecular complexity index is 1450. The molecule has 5 rings (SSSR count). The third-order valence-corrected chi connectivity index (χ3v) is 6.94. The van der Waals surface area contributed by atoms with E-state index in [1.54, 1.807) is 42.9 Å². The summed E-state index contributed by atoms with van der Waals surface area (Å²) >= 11 is 0. The van der Waals surface area contributed by atoms with Gasteiger partial charge < -0.3 is 19.7 Å². The van der Waals surface area contributed by atoms with Gasteiger partial charge in [-0.25, -0.2) is 0 Å². The van der Waals surface area contributed by atoms with Crippen molar-refractivity contribution >= 4 is 11.8 Å². The fourth-order valence-electron chi connectivity index (χ4n) is 4.77. The molecule has 1 aromatic heterocycles. The average molecular weight is 511 g/mol. The van der Waals surface area contributed by atoms with E-state index in [0.29, 0.717) is 29.4 Å². The first kappa shape index (κ1) is 25.1. The SMILES string of the molecule is COc1ccc(CN2C(=O)c3cc(-c4ccccc4)nn3CC2(C)C(=O)NCc2ccccc2)cc1OC. The van der Waals surface area contributed by atoms with Crippen molar-refractivity contribution in [3.63, 3.8) is 0 Å². The molecular weight excluding hydrogens is 480 g/mol. The lowest BCUT2D eigenvalue weighted by Gasteiger charge is -2.43. The molecule has 0 aliphatic carbocycles. The standard InChI is InChI=1S/C30H30N4O4/c1-30(29(36)31-18-21-10-6-4-7-11-21)20-34-25(17-24(32-34)23-12-8-5-9-13-23)28(35)33(30)19-22-14-15-26(37-2)27(16-22)38-3/h4-17H,18-20H2,1-3H3,(H,31,36). The van der Waals surface area contributed by atoms with Gasteiger partial charge in [0.1, 0.15) is 11.2 Å². The summed E-state index contributed by atoms with van der Waals surface area (Å²) in [5.41, 5.74) is 2.64. The van der Waals surface area contributed by atoms with Crippen LogP contribution in [0.2, 0.25) is 0 Å². The molecule has 2 amide bonds. The third-order valence-electron chi connectivity index (χ3n) is 6.94.